The molecule has 0 fully saturated rings. The number of urea groups is 1. The molecule has 6 heteroatoms. The lowest BCUT2D eigenvalue weighted by atomic mass is 10.2. The number of rotatable bonds is 6. The van der Waals surface area contributed by atoms with E-state index in [0.29, 0.717) is 13.0 Å². The molecule has 22 heavy (non-hydrogen) atoms. The third-order valence-electron chi connectivity index (χ3n) is 3.44. The normalized spacial score (nSPS) is 12.1. The van der Waals surface area contributed by atoms with Gasteiger partial charge in [0.1, 0.15) is 11.3 Å². The molecule has 1 aromatic carbocycles. The predicted molar refractivity (Wildman–Crippen MR) is 82.7 cm³/mol. The number of nitrogens with one attached hydrogen (secondary N) is 1. The predicted octanol–water partition coefficient (Wildman–Crippen LogP) is 2.34. The summed E-state index contributed by atoms with van der Waals surface area (Å²) < 4.78 is 5.66. The monoisotopic (exact) mass is 304 g/mol. The number of nitrogens with zero attached hydrogens (tertiary/aromatic N) is 1. The zero-order valence-corrected chi connectivity index (χ0v) is 12.7. The molecule has 118 valence electrons. The fraction of sp³-hybridized carbons (Fsp3) is 0.375. The summed E-state index contributed by atoms with van der Waals surface area (Å²) in [6, 6.07) is 9.40. The molecule has 0 saturated carbocycles. The van der Waals surface area contributed by atoms with Crippen LogP contribution in [0.3, 0.4) is 0 Å². The standard InChI is InChI=1S/C16H20N2O4/c1-11(15(19)20)10-18(2)16(21)17-8-7-13-9-12-5-3-4-6-14(12)22-13/h3-6,9,11H,7-8,10H2,1-2H3,(H,17,21)(H,19,20). The Morgan fingerprint density at radius 1 is 1.36 bits per heavy atom. The number of carbonyl (C=O) groups is 2. The van der Waals surface area contributed by atoms with E-state index in [1.165, 1.54) is 4.90 Å². The van der Waals surface area contributed by atoms with Gasteiger partial charge in [-0.05, 0) is 12.1 Å². The van der Waals surface area contributed by atoms with Gasteiger partial charge in [-0.1, -0.05) is 25.1 Å². The van der Waals surface area contributed by atoms with Gasteiger partial charge < -0.3 is 19.7 Å². The number of hydrogen-bond donors (Lipinski definition) is 2. The molecule has 2 rings (SSSR count). The van der Waals surface area contributed by atoms with Crippen molar-refractivity contribution in [3.05, 3.63) is 36.1 Å². The van der Waals surface area contributed by atoms with Crippen molar-refractivity contribution in [3.63, 3.8) is 0 Å². The van der Waals surface area contributed by atoms with E-state index in [9.17, 15) is 9.59 Å². The summed E-state index contributed by atoms with van der Waals surface area (Å²) in [6.07, 6.45) is 0.586. The molecule has 6 nitrogen and oxygen atoms in total. The molecule has 0 bridgehead atoms. The topological polar surface area (TPSA) is 82.8 Å². The first kappa shape index (κ1) is 15.9. The van der Waals surface area contributed by atoms with Crippen LogP contribution in [-0.2, 0) is 11.2 Å². The van der Waals surface area contributed by atoms with E-state index in [1.807, 2.05) is 30.3 Å². The van der Waals surface area contributed by atoms with Gasteiger partial charge in [0, 0.05) is 31.9 Å². The zero-order valence-electron chi connectivity index (χ0n) is 12.7. The number of benzene rings is 1. The first-order valence-electron chi connectivity index (χ1n) is 7.16. The van der Waals surface area contributed by atoms with E-state index in [1.54, 1.807) is 14.0 Å². The van der Waals surface area contributed by atoms with Gasteiger partial charge in [0.15, 0.2) is 0 Å². The van der Waals surface area contributed by atoms with Crippen LogP contribution in [0.4, 0.5) is 4.79 Å². The Morgan fingerprint density at radius 3 is 2.77 bits per heavy atom. The minimum atomic E-state index is -0.915. The second kappa shape index (κ2) is 6.98. The summed E-state index contributed by atoms with van der Waals surface area (Å²) in [4.78, 5) is 24.0. The summed E-state index contributed by atoms with van der Waals surface area (Å²) >= 11 is 0. The fourth-order valence-electron chi connectivity index (χ4n) is 2.16. The van der Waals surface area contributed by atoms with Crippen LogP contribution in [0.15, 0.2) is 34.7 Å². The highest BCUT2D eigenvalue weighted by atomic mass is 16.4. The molecule has 1 heterocycles. The van der Waals surface area contributed by atoms with E-state index in [4.69, 9.17) is 9.52 Å². The van der Waals surface area contributed by atoms with Crippen molar-refractivity contribution < 1.29 is 19.1 Å². The molecule has 2 N–H and O–H groups in total. The number of para-hydroxylation sites is 1. The summed E-state index contributed by atoms with van der Waals surface area (Å²) in [6.45, 7) is 2.18. The largest absolute Gasteiger partial charge is 0.481 e. The van der Waals surface area contributed by atoms with Gasteiger partial charge in [-0.25, -0.2) is 4.79 Å². The van der Waals surface area contributed by atoms with Crippen molar-refractivity contribution in [2.75, 3.05) is 20.1 Å². The number of carboxylic acids is 1. The van der Waals surface area contributed by atoms with Crippen LogP contribution in [-0.4, -0.2) is 42.1 Å². The van der Waals surface area contributed by atoms with Gasteiger partial charge >= 0.3 is 12.0 Å². The molecule has 1 aromatic heterocycles. The van der Waals surface area contributed by atoms with Gasteiger partial charge in [0.25, 0.3) is 0 Å². The van der Waals surface area contributed by atoms with Crippen LogP contribution in [0.5, 0.6) is 0 Å². The average Bonchev–Trinajstić information content (AvgIpc) is 2.89. The molecule has 0 radical (unpaired) electrons. The van der Waals surface area contributed by atoms with Crippen LogP contribution in [0, 0.1) is 5.92 Å². The number of carboxylic acid groups (broad SMARTS) is 1. The highest BCUT2D eigenvalue weighted by Crippen LogP contribution is 2.18. The third-order valence-corrected chi connectivity index (χ3v) is 3.44. The van der Waals surface area contributed by atoms with Crippen LogP contribution in [0.2, 0.25) is 0 Å². The zero-order chi connectivity index (χ0) is 16.1. The molecule has 0 aliphatic heterocycles. The maximum absolute atomic E-state index is 11.9. The minimum Gasteiger partial charge on any atom is -0.481 e. The van der Waals surface area contributed by atoms with Crippen molar-refractivity contribution in [2.45, 2.75) is 13.3 Å². The molecule has 0 aliphatic rings. The SMILES string of the molecule is CC(CN(C)C(=O)NCCc1cc2ccccc2o1)C(=O)O. The highest BCUT2D eigenvalue weighted by molar-refractivity contribution is 5.78. The number of carbonyl (C=O) groups excluding carboxylic acids is 1. The minimum absolute atomic E-state index is 0.172. The van der Waals surface area contributed by atoms with Crippen molar-refractivity contribution in [1.29, 1.82) is 0 Å². The van der Waals surface area contributed by atoms with Crippen LogP contribution >= 0.6 is 0 Å². The van der Waals surface area contributed by atoms with Gasteiger partial charge in [-0.3, -0.25) is 4.79 Å². The smallest absolute Gasteiger partial charge is 0.317 e. The van der Waals surface area contributed by atoms with Gasteiger partial charge in [0.2, 0.25) is 0 Å². The summed E-state index contributed by atoms with van der Waals surface area (Å²) in [7, 11) is 1.58. The van der Waals surface area contributed by atoms with Crippen molar-refractivity contribution in [1.82, 2.24) is 10.2 Å². The van der Waals surface area contributed by atoms with E-state index >= 15 is 0 Å². The second-order valence-corrected chi connectivity index (χ2v) is 5.35. The van der Waals surface area contributed by atoms with E-state index in [0.717, 1.165) is 16.7 Å². The molecule has 0 spiro atoms. The number of amides is 2. The highest BCUT2D eigenvalue weighted by Gasteiger charge is 2.17. The average molecular weight is 304 g/mol. The Bertz CT molecular complexity index is 632. The Hall–Kier alpha value is -2.50. The first-order valence-corrected chi connectivity index (χ1v) is 7.16. The van der Waals surface area contributed by atoms with E-state index < -0.39 is 11.9 Å². The number of aliphatic carboxylic acids is 1. The maximum Gasteiger partial charge on any atom is 0.317 e. The molecular weight excluding hydrogens is 284 g/mol. The molecule has 0 saturated heterocycles. The van der Waals surface area contributed by atoms with E-state index in [-0.39, 0.29) is 12.6 Å². The second-order valence-electron chi connectivity index (χ2n) is 5.35. The van der Waals surface area contributed by atoms with Crippen LogP contribution < -0.4 is 5.32 Å². The summed E-state index contributed by atoms with van der Waals surface area (Å²) in [5.74, 6) is -0.698. The van der Waals surface area contributed by atoms with Gasteiger partial charge in [-0.2, -0.15) is 0 Å². The quantitative estimate of drug-likeness (QED) is 0.858. The summed E-state index contributed by atoms with van der Waals surface area (Å²) in [5.41, 5.74) is 0.830. The lowest BCUT2D eigenvalue weighted by Gasteiger charge is -2.19. The molecule has 2 amide bonds. The third kappa shape index (κ3) is 4.00. The van der Waals surface area contributed by atoms with Crippen molar-refractivity contribution in [2.24, 2.45) is 5.92 Å². The number of fused-ring (bicyclic) bond motifs is 1. The molecule has 1 atom stereocenters. The lowest BCUT2D eigenvalue weighted by Crippen LogP contribution is -2.41. The Labute approximate surface area is 128 Å². The van der Waals surface area contributed by atoms with Crippen molar-refractivity contribution in [3.8, 4) is 0 Å². The Kier molecular flexibility index (Phi) is 5.04. The molecule has 0 aliphatic carbocycles. The van der Waals surface area contributed by atoms with Gasteiger partial charge in [-0.15, -0.1) is 0 Å². The Morgan fingerprint density at radius 2 is 2.09 bits per heavy atom. The summed E-state index contributed by atoms with van der Waals surface area (Å²) in [5, 5.41) is 12.6. The van der Waals surface area contributed by atoms with Gasteiger partial charge in [0.05, 0.1) is 5.92 Å². The molecule has 2 aromatic rings. The maximum atomic E-state index is 11.9. The number of furan rings is 1. The van der Waals surface area contributed by atoms with E-state index in [2.05, 4.69) is 5.32 Å². The van der Waals surface area contributed by atoms with Crippen LogP contribution in [0.1, 0.15) is 12.7 Å². The molecular formula is C16H20N2O4. The van der Waals surface area contributed by atoms with Crippen LogP contribution in [0.25, 0.3) is 11.0 Å². The lowest BCUT2D eigenvalue weighted by molar-refractivity contribution is -0.141. The Balaban J connectivity index is 1.80. The number of hydrogen-bond acceptors (Lipinski definition) is 3. The molecule has 1 unspecified atom stereocenters. The van der Waals surface area contributed by atoms with Crippen molar-refractivity contribution >= 4 is 23.0 Å². The first-order chi connectivity index (χ1) is 10.5. The fourth-order valence-corrected chi connectivity index (χ4v) is 2.16.